The van der Waals surface area contributed by atoms with E-state index in [4.69, 9.17) is 10.00 Å². The van der Waals surface area contributed by atoms with Crippen LogP contribution >= 0.6 is 0 Å². The fourth-order valence-electron chi connectivity index (χ4n) is 2.04. The molecule has 1 aromatic heterocycles. The first-order valence-corrected chi connectivity index (χ1v) is 6.38. The van der Waals surface area contributed by atoms with E-state index < -0.39 is 0 Å². The lowest BCUT2D eigenvalue weighted by Gasteiger charge is -2.12. The van der Waals surface area contributed by atoms with Gasteiger partial charge in [0, 0.05) is 11.3 Å². The van der Waals surface area contributed by atoms with Crippen LogP contribution in [0.4, 0.5) is 4.39 Å². The standard InChI is InChI=1S/C16H15FN2O/c1-4-20-13-5-6-16(17)15(8-13)14-7-12(9-18)19-11(3)10(14)2/h5-8H,4H2,1-3H3. The molecule has 3 nitrogen and oxygen atoms in total. The van der Waals surface area contributed by atoms with E-state index in [0.29, 0.717) is 23.5 Å². The summed E-state index contributed by atoms with van der Waals surface area (Å²) in [5.41, 5.74) is 2.96. The Morgan fingerprint density at radius 3 is 2.65 bits per heavy atom. The van der Waals surface area contributed by atoms with Crippen molar-refractivity contribution in [3.05, 3.63) is 47.0 Å². The van der Waals surface area contributed by atoms with E-state index in [1.165, 1.54) is 6.07 Å². The Morgan fingerprint density at radius 2 is 2.00 bits per heavy atom. The third-order valence-corrected chi connectivity index (χ3v) is 3.17. The van der Waals surface area contributed by atoms with Crippen LogP contribution < -0.4 is 4.74 Å². The molecule has 102 valence electrons. The van der Waals surface area contributed by atoms with Crippen molar-refractivity contribution in [3.8, 4) is 22.9 Å². The number of ether oxygens (including phenoxy) is 1. The first-order chi connectivity index (χ1) is 9.56. The molecule has 20 heavy (non-hydrogen) atoms. The van der Waals surface area contributed by atoms with Crippen LogP contribution in [0.1, 0.15) is 23.9 Å². The normalized spacial score (nSPS) is 10.2. The molecule has 0 radical (unpaired) electrons. The zero-order chi connectivity index (χ0) is 14.7. The second-order valence-electron chi connectivity index (χ2n) is 4.45. The van der Waals surface area contributed by atoms with Crippen molar-refractivity contribution < 1.29 is 9.13 Å². The summed E-state index contributed by atoms with van der Waals surface area (Å²) < 4.78 is 19.5. The fourth-order valence-corrected chi connectivity index (χ4v) is 2.04. The SMILES string of the molecule is CCOc1ccc(F)c(-c2cc(C#N)nc(C)c2C)c1. The van der Waals surface area contributed by atoms with E-state index in [1.807, 2.05) is 26.8 Å². The Kier molecular flexibility index (Phi) is 3.99. The second-order valence-corrected chi connectivity index (χ2v) is 4.45. The summed E-state index contributed by atoms with van der Waals surface area (Å²) in [5.74, 6) is 0.266. The van der Waals surface area contributed by atoms with Crippen LogP contribution in [0.25, 0.3) is 11.1 Å². The summed E-state index contributed by atoms with van der Waals surface area (Å²) in [6.45, 7) is 6.07. The number of nitrogens with zero attached hydrogens (tertiary/aromatic N) is 2. The first kappa shape index (κ1) is 14.0. The van der Waals surface area contributed by atoms with E-state index in [9.17, 15) is 4.39 Å². The molecule has 0 saturated heterocycles. The number of rotatable bonds is 3. The van der Waals surface area contributed by atoms with Crippen molar-refractivity contribution >= 4 is 0 Å². The van der Waals surface area contributed by atoms with Crippen molar-refractivity contribution in [2.75, 3.05) is 6.61 Å². The highest BCUT2D eigenvalue weighted by Gasteiger charge is 2.13. The minimum atomic E-state index is -0.342. The van der Waals surface area contributed by atoms with Gasteiger partial charge in [-0.2, -0.15) is 5.26 Å². The molecule has 2 rings (SSSR count). The molecule has 0 aliphatic carbocycles. The van der Waals surface area contributed by atoms with Crippen LogP contribution in [0.2, 0.25) is 0 Å². The lowest BCUT2D eigenvalue weighted by Crippen LogP contribution is -1.98. The van der Waals surface area contributed by atoms with E-state index in [0.717, 1.165) is 11.3 Å². The molecule has 1 aromatic carbocycles. The van der Waals surface area contributed by atoms with Gasteiger partial charge in [0.05, 0.1) is 6.61 Å². The van der Waals surface area contributed by atoms with E-state index in [2.05, 4.69) is 4.98 Å². The maximum absolute atomic E-state index is 14.1. The minimum Gasteiger partial charge on any atom is -0.494 e. The predicted octanol–water partition coefficient (Wildman–Crippen LogP) is 3.77. The number of halogens is 1. The molecular formula is C16H15FN2O. The van der Waals surface area contributed by atoms with E-state index >= 15 is 0 Å². The molecule has 0 unspecified atom stereocenters. The van der Waals surface area contributed by atoms with Gasteiger partial charge in [0.2, 0.25) is 0 Å². The van der Waals surface area contributed by atoms with Gasteiger partial charge in [-0.1, -0.05) is 0 Å². The average molecular weight is 270 g/mol. The molecular weight excluding hydrogens is 255 g/mol. The fraction of sp³-hybridized carbons (Fsp3) is 0.250. The third kappa shape index (κ3) is 2.62. The monoisotopic (exact) mass is 270 g/mol. The van der Waals surface area contributed by atoms with E-state index in [-0.39, 0.29) is 11.5 Å². The molecule has 1 heterocycles. The number of pyridine rings is 1. The summed E-state index contributed by atoms with van der Waals surface area (Å²) in [6.07, 6.45) is 0. The highest BCUT2D eigenvalue weighted by molar-refractivity contribution is 5.70. The summed E-state index contributed by atoms with van der Waals surface area (Å²) in [6, 6.07) is 8.23. The molecule has 0 N–H and O–H groups in total. The van der Waals surface area contributed by atoms with Crippen molar-refractivity contribution in [2.24, 2.45) is 0 Å². The highest BCUT2D eigenvalue weighted by Crippen LogP contribution is 2.31. The molecule has 0 bridgehead atoms. The van der Waals surface area contributed by atoms with Crippen molar-refractivity contribution in [1.82, 2.24) is 4.98 Å². The molecule has 4 heteroatoms. The molecule has 0 saturated carbocycles. The number of hydrogen-bond donors (Lipinski definition) is 0. The van der Waals surface area contributed by atoms with Gasteiger partial charge in [0.15, 0.2) is 0 Å². The van der Waals surface area contributed by atoms with Crippen LogP contribution in [0.15, 0.2) is 24.3 Å². The summed E-state index contributed by atoms with van der Waals surface area (Å²) >= 11 is 0. The van der Waals surface area contributed by atoms with Gasteiger partial charge in [-0.25, -0.2) is 9.37 Å². The van der Waals surface area contributed by atoms with Crippen LogP contribution in [0.5, 0.6) is 5.75 Å². The van der Waals surface area contributed by atoms with Crippen LogP contribution in [0.3, 0.4) is 0 Å². The Balaban J connectivity index is 2.64. The van der Waals surface area contributed by atoms with Gasteiger partial charge in [0.25, 0.3) is 0 Å². The van der Waals surface area contributed by atoms with Crippen molar-refractivity contribution in [2.45, 2.75) is 20.8 Å². The number of hydrogen-bond acceptors (Lipinski definition) is 3. The van der Waals surface area contributed by atoms with Gasteiger partial charge in [-0.15, -0.1) is 0 Å². The summed E-state index contributed by atoms with van der Waals surface area (Å²) in [5, 5.41) is 9.00. The largest absolute Gasteiger partial charge is 0.494 e. The van der Waals surface area contributed by atoms with E-state index in [1.54, 1.807) is 18.2 Å². The van der Waals surface area contributed by atoms with Gasteiger partial charge in [0.1, 0.15) is 23.3 Å². The Morgan fingerprint density at radius 1 is 1.25 bits per heavy atom. The topological polar surface area (TPSA) is 45.9 Å². The molecule has 0 spiro atoms. The van der Waals surface area contributed by atoms with Crippen LogP contribution in [-0.4, -0.2) is 11.6 Å². The molecule has 0 atom stereocenters. The van der Waals surface area contributed by atoms with Gasteiger partial charge in [-0.3, -0.25) is 0 Å². The molecule has 0 fully saturated rings. The molecule has 0 aliphatic rings. The number of aryl methyl sites for hydroxylation is 1. The quantitative estimate of drug-likeness (QED) is 0.852. The predicted molar refractivity (Wildman–Crippen MR) is 75.0 cm³/mol. The van der Waals surface area contributed by atoms with Crippen molar-refractivity contribution in [3.63, 3.8) is 0 Å². The summed E-state index contributed by atoms with van der Waals surface area (Å²) in [7, 11) is 0. The highest BCUT2D eigenvalue weighted by atomic mass is 19.1. The molecule has 0 aliphatic heterocycles. The Bertz CT molecular complexity index is 690. The molecule has 2 aromatic rings. The Labute approximate surface area is 117 Å². The smallest absolute Gasteiger partial charge is 0.141 e. The lowest BCUT2D eigenvalue weighted by atomic mass is 9.98. The zero-order valence-corrected chi connectivity index (χ0v) is 11.7. The zero-order valence-electron chi connectivity index (χ0n) is 11.7. The minimum absolute atomic E-state index is 0.282. The second kappa shape index (κ2) is 5.70. The van der Waals surface area contributed by atoms with Crippen LogP contribution in [-0.2, 0) is 0 Å². The third-order valence-electron chi connectivity index (χ3n) is 3.17. The summed E-state index contributed by atoms with van der Waals surface area (Å²) in [4.78, 5) is 4.15. The Hall–Kier alpha value is -2.41. The first-order valence-electron chi connectivity index (χ1n) is 6.38. The number of nitriles is 1. The van der Waals surface area contributed by atoms with Gasteiger partial charge < -0.3 is 4.74 Å². The molecule has 0 amide bonds. The van der Waals surface area contributed by atoms with Crippen LogP contribution in [0, 0.1) is 31.0 Å². The van der Waals surface area contributed by atoms with Crippen molar-refractivity contribution in [1.29, 1.82) is 5.26 Å². The maximum atomic E-state index is 14.1. The number of benzene rings is 1. The van der Waals surface area contributed by atoms with Gasteiger partial charge >= 0.3 is 0 Å². The lowest BCUT2D eigenvalue weighted by molar-refractivity contribution is 0.340. The van der Waals surface area contributed by atoms with Gasteiger partial charge in [-0.05, 0) is 56.2 Å². The number of aromatic nitrogens is 1. The average Bonchev–Trinajstić information content (AvgIpc) is 2.44. The maximum Gasteiger partial charge on any atom is 0.141 e.